The van der Waals surface area contributed by atoms with E-state index in [1.54, 1.807) is 84.9 Å². The summed E-state index contributed by atoms with van der Waals surface area (Å²) in [4.78, 5) is 54.2. The van der Waals surface area contributed by atoms with Gasteiger partial charge < -0.3 is 9.47 Å². The van der Waals surface area contributed by atoms with Crippen molar-refractivity contribution in [2.45, 2.75) is 5.92 Å². The molecule has 2 aromatic heterocycles. The number of halogens is 1. The quantitative estimate of drug-likeness (QED) is 0.290. The second-order valence-electron chi connectivity index (χ2n) is 8.72. The van der Waals surface area contributed by atoms with E-state index in [9.17, 15) is 19.2 Å². The molecule has 5 aromatic rings. The zero-order chi connectivity index (χ0) is 28.4. The van der Waals surface area contributed by atoms with E-state index in [1.165, 1.54) is 23.6 Å². The maximum atomic E-state index is 14.1. The molecule has 5 rings (SSSR count). The Morgan fingerprint density at radius 2 is 1.07 bits per heavy atom. The molecule has 0 aliphatic rings. The third kappa shape index (κ3) is 4.65. The van der Waals surface area contributed by atoms with Gasteiger partial charge in [0.2, 0.25) is 0 Å². The van der Waals surface area contributed by atoms with Crippen LogP contribution in [0.1, 0.15) is 43.6 Å². The summed E-state index contributed by atoms with van der Waals surface area (Å²) in [5.74, 6) is -2.87. The van der Waals surface area contributed by atoms with Crippen LogP contribution in [-0.2, 0) is 9.47 Å². The molecule has 202 valence electrons. The van der Waals surface area contributed by atoms with Gasteiger partial charge in [-0.1, -0.05) is 60.1 Å². The number of nitrogens with one attached hydrogen (secondary N) is 2. The molecule has 0 saturated heterocycles. The van der Waals surface area contributed by atoms with Gasteiger partial charge in [-0.3, -0.25) is 19.8 Å². The van der Waals surface area contributed by atoms with Crippen molar-refractivity contribution in [2.24, 2.45) is 0 Å². The predicted molar refractivity (Wildman–Crippen MR) is 148 cm³/mol. The van der Waals surface area contributed by atoms with Gasteiger partial charge in [0, 0.05) is 10.9 Å². The molecule has 40 heavy (non-hydrogen) atoms. The lowest BCUT2D eigenvalue weighted by atomic mass is 9.85. The largest absolute Gasteiger partial charge is 0.464 e. The number of carbonyl (C=O) groups is 2. The predicted octanol–water partition coefficient (Wildman–Crippen LogP) is 4.05. The van der Waals surface area contributed by atoms with Crippen LogP contribution < -0.4 is 11.1 Å². The van der Waals surface area contributed by atoms with Gasteiger partial charge in [0.05, 0.1) is 36.7 Å². The maximum absolute atomic E-state index is 14.1. The van der Waals surface area contributed by atoms with Crippen LogP contribution in [0.25, 0.3) is 11.4 Å². The first kappa shape index (κ1) is 26.5. The Morgan fingerprint density at radius 1 is 0.675 bits per heavy atom. The zero-order valence-electron chi connectivity index (χ0n) is 21.4. The molecule has 0 aliphatic carbocycles. The highest BCUT2D eigenvalue weighted by atomic mass is 35.5. The van der Waals surface area contributed by atoms with Crippen molar-refractivity contribution in [3.05, 3.63) is 139 Å². The van der Waals surface area contributed by atoms with Crippen LogP contribution in [0.5, 0.6) is 0 Å². The third-order valence-electron chi connectivity index (χ3n) is 6.44. The number of methoxy groups -OCH3 is 2. The van der Waals surface area contributed by atoms with E-state index in [4.69, 9.17) is 21.1 Å². The lowest BCUT2D eigenvalue weighted by Gasteiger charge is -2.16. The summed E-state index contributed by atoms with van der Waals surface area (Å²) in [6.45, 7) is 0. The van der Waals surface area contributed by atoms with Crippen LogP contribution in [0.2, 0.25) is 5.02 Å². The topological polar surface area (TPSA) is 128 Å². The Hall–Kier alpha value is -5.09. The number of H-pyrrole nitrogens is 2. The lowest BCUT2D eigenvalue weighted by Crippen LogP contribution is -2.26. The minimum absolute atomic E-state index is 0.0977. The third-order valence-corrected chi connectivity index (χ3v) is 6.69. The van der Waals surface area contributed by atoms with Gasteiger partial charge in [0.25, 0.3) is 11.1 Å². The lowest BCUT2D eigenvalue weighted by molar-refractivity contribution is 0.0585. The molecule has 0 spiro atoms. The molecule has 0 saturated carbocycles. The van der Waals surface area contributed by atoms with Gasteiger partial charge in [-0.15, -0.1) is 0 Å². The van der Waals surface area contributed by atoms with Crippen molar-refractivity contribution in [1.29, 1.82) is 0 Å². The minimum atomic E-state index is -1.21. The van der Waals surface area contributed by atoms with Gasteiger partial charge in [-0.05, 0) is 42.0 Å². The van der Waals surface area contributed by atoms with Crippen molar-refractivity contribution in [3.63, 3.8) is 0 Å². The summed E-state index contributed by atoms with van der Waals surface area (Å²) >= 11 is 6.16. The van der Waals surface area contributed by atoms with Crippen LogP contribution in [0.4, 0.5) is 0 Å². The number of rotatable bonds is 7. The zero-order valence-corrected chi connectivity index (χ0v) is 22.1. The Morgan fingerprint density at radius 3 is 1.45 bits per heavy atom. The summed E-state index contributed by atoms with van der Waals surface area (Å²) in [6, 6.07) is 23.6. The molecule has 0 aliphatic heterocycles. The highest BCUT2D eigenvalue weighted by Gasteiger charge is 2.36. The fraction of sp³-hybridized carbons (Fsp3) is 0.103. The number of aromatic amines is 2. The van der Waals surface area contributed by atoms with Crippen LogP contribution in [0.3, 0.4) is 0 Å². The number of benzene rings is 3. The van der Waals surface area contributed by atoms with Gasteiger partial charge in [-0.25, -0.2) is 19.0 Å². The molecule has 0 atom stereocenters. The molecule has 0 fully saturated rings. The minimum Gasteiger partial charge on any atom is -0.464 e. The van der Waals surface area contributed by atoms with Gasteiger partial charge in [-0.2, -0.15) is 0 Å². The van der Waals surface area contributed by atoms with Gasteiger partial charge in [0.1, 0.15) is 0 Å². The van der Waals surface area contributed by atoms with Crippen LogP contribution in [0, 0.1) is 0 Å². The van der Waals surface area contributed by atoms with E-state index < -0.39 is 29.0 Å². The second-order valence-corrected chi connectivity index (χ2v) is 9.16. The van der Waals surface area contributed by atoms with E-state index >= 15 is 0 Å². The van der Waals surface area contributed by atoms with Crippen LogP contribution in [-0.4, -0.2) is 45.7 Å². The summed E-state index contributed by atoms with van der Waals surface area (Å²) < 4.78 is 12.4. The molecule has 2 N–H and O–H groups in total. The Balaban J connectivity index is 1.89. The van der Waals surface area contributed by atoms with Crippen LogP contribution in [0.15, 0.2) is 94.5 Å². The molecule has 0 unspecified atom stereocenters. The molecule has 2 heterocycles. The normalized spacial score (nSPS) is 11.0. The molecule has 0 radical (unpaired) electrons. The van der Waals surface area contributed by atoms with Crippen molar-refractivity contribution >= 4 is 23.5 Å². The van der Waals surface area contributed by atoms with E-state index in [0.717, 1.165) is 0 Å². The average molecular weight is 559 g/mol. The summed E-state index contributed by atoms with van der Waals surface area (Å²) in [5, 5.41) is 6.09. The number of ether oxygens (including phenoxy) is 2. The highest BCUT2D eigenvalue weighted by molar-refractivity contribution is 6.30. The average Bonchev–Trinajstić information content (AvgIpc) is 3.51. The number of hydrogen-bond donors (Lipinski definition) is 2. The Labute approximate surface area is 232 Å². The molecule has 10 nitrogen and oxygen atoms in total. The number of hydrogen-bond acceptors (Lipinski definition) is 6. The molecular formula is C29H23ClN4O6. The molecule has 3 aromatic carbocycles. The van der Waals surface area contributed by atoms with E-state index in [-0.39, 0.29) is 22.5 Å². The van der Waals surface area contributed by atoms with E-state index in [0.29, 0.717) is 22.0 Å². The smallest absolute Gasteiger partial charge is 0.356 e. The van der Waals surface area contributed by atoms with Crippen molar-refractivity contribution in [3.8, 4) is 11.4 Å². The van der Waals surface area contributed by atoms with Gasteiger partial charge in [0.15, 0.2) is 11.4 Å². The Kier molecular flexibility index (Phi) is 7.26. The van der Waals surface area contributed by atoms with Gasteiger partial charge >= 0.3 is 11.9 Å². The molecular weight excluding hydrogens is 536 g/mol. The Bertz CT molecular complexity index is 1690. The fourth-order valence-electron chi connectivity index (χ4n) is 4.60. The second kappa shape index (κ2) is 11.0. The molecule has 0 amide bonds. The SMILES string of the molecule is COC(=O)c1[nH]n(-c2ccccc2)c(=O)c1C(c1ccc(Cl)cc1)c1c(C(=O)OC)[nH]n(-c2ccccc2)c1=O. The van der Waals surface area contributed by atoms with Crippen molar-refractivity contribution in [1.82, 2.24) is 19.6 Å². The first-order valence-electron chi connectivity index (χ1n) is 12.1. The number of nitrogens with zero attached hydrogens (tertiary/aromatic N) is 2. The fourth-order valence-corrected chi connectivity index (χ4v) is 4.73. The summed E-state index contributed by atoms with van der Waals surface area (Å²) in [6.07, 6.45) is 0. The number of aromatic nitrogens is 4. The van der Waals surface area contributed by atoms with Crippen molar-refractivity contribution < 1.29 is 19.1 Å². The summed E-state index contributed by atoms with van der Waals surface area (Å²) in [7, 11) is 2.36. The maximum Gasteiger partial charge on any atom is 0.356 e. The van der Waals surface area contributed by atoms with Crippen LogP contribution >= 0.6 is 11.6 Å². The number of para-hydroxylation sites is 2. The highest BCUT2D eigenvalue weighted by Crippen LogP contribution is 2.34. The molecule has 0 bridgehead atoms. The monoisotopic (exact) mass is 558 g/mol. The first-order valence-corrected chi connectivity index (χ1v) is 12.5. The number of esters is 2. The van der Waals surface area contributed by atoms with E-state index in [2.05, 4.69) is 10.2 Å². The van der Waals surface area contributed by atoms with Crippen molar-refractivity contribution in [2.75, 3.05) is 14.2 Å². The first-order chi connectivity index (χ1) is 19.3. The van der Waals surface area contributed by atoms with E-state index in [1.807, 2.05) is 0 Å². The summed E-state index contributed by atoms with van der Waals surface area (Å²) in [5.41, 5.74) is -0.474. The number of carbonyl (C=O) groups excluding carboxylic acids is 2. The molecule has 11 heteroatoms. The standard InChI is InChI=1S/C29H23ClN4O6/c1-39-28(37)24-22(26(35)33(31-24)19-9-5-3-6-10-19)21(17-13-15-18(30)16-14-17)23-25(29(38)40-2)32-34(27(23)36)20-11-7-4-8-12-20/h3-16,21,31-32H,1-2H3.